The Bertz CT molecular complexity index is 397. The molecule has 1 atom stereocenters. The van der Waals surface area contributed by atoms with E-state index in [2.05, 4.69) is 0 Å². The molecule has 0 aromatic heterocycles. The van der Waals surface area contributed by atoms with Gasteiger partial charge in [0.05, 0.1) is 12.2 Å². The van der Waals surface area contributed by atoms with Crippen LogP contribution in [0.3, 0.4) is 0 Å². The van der Waals surface area contributed by atoms with Gasteiger partial charge in [0.2, 0.25) is 0 Å². The van der Waals surface area contributed by atoms with E-state index < -0.39 is 11.6 Å². The molecule has 4 heteroatoms. The lowest BCUT2D eigenvalue weighted by Crippen LogP contribution is -2.31. The number of aromatic carboxylic acids is 1. The predicted octanol–water partition coefficient (Wildman–Crippen LogP) is 2.36. The van der Waals surface area contributed by atoms with Crippen LogP contribution in [0.1, 0.15) is 28.8 Å². The maximum atomic E-state index is 14.4. The van der Waals surface area contributed by atoms with E-state index in [0.29, 0.717) is 25.0 Å². The zero-order valence-electron chi connectivity index (χ0n) is 8.78. The fraction of sp³-hybridized carbons (Fsp3) is 0.417. The first-order chi connectivity index (χ1) is 7.62. The molecule has 0 radical (unpaired) electrons. The van der Waals surface area contributed by atoms with Crippen LogP contribution in [-0.2, 0) is 10.4 Å². The number of carboxylic acids is 1. The second kappa shape index (κ2) is 4.22. The standard InChI is InChI=1S/C12H13FO3/c13-12(5-2-6-16-8-12)10-4-1-3-9(7-10)11(14)15/h1,3-4,7H,2,5-6,8H2,(H,14,15). The molecule has 0 saturated carbocycles. The third kappa shape index (κ3) is 2.07. The number of carboxylic acid groups (broad SMARTS) is 1. The quantitative estimate of drug-likeness (QED) is 0.838. The number of carbonyl (C=O) groups is 1. The lowest BCUT2D eigenvalue weighted by molar-refractivity contribution is -0.0347. The van der Waals surface area contributed by atoms with Gasteiger partial charge in [0, 0.05) is 6.61 Å². The van der Waals surface area contributed by atoms with Crippen molar-refractivity contribution >= 4 is 5.97 Å². The van der Waals surface area contributed by atoms with Crippen LogP contribution in [0.2, 0.25) is 0 Å². The molecule has 1 unspecified atom stereocenters. The van der Waals surface area contributed by atoms with Crippen LogP contribution in [0.5, 0.6) is 0 Å². The second-order valence-electron chi connectivity index (χ2n) is 4.01. The number of hydrogen-bond donors (Lipinski definition) is 1. The molecular weight excluding hydrogens is 211 g/mol. The summed E-state index contributed by atoms with van der Waals surface area (Å²) in [7, 11) is 0. The summed E-state index contributed by atoms with van der Waals surface area (Å²) in [4.78, 5) is 10.8. The van der Waals surface area contributed by atoms with Gasteiger partial charge in [0.15, 0.2) is 5.67 Å². The van der Waals surface area contributed by atoms with E-state index >= 15 is 0 Å². The fourth-order valence-electron chi connectivity index (χ4n) is 1.92. The summed E-state index contributed by atoms with van der Waals surface area (Å²) < 4.78 is 19.5. The minimum absolute atomic E-state index is 0.00999. The van der Waals surface area contributed by atoms with Crippen LogP contribution in [0.4, 0.5) is 4.39 Å². The van der Waals surface area contributed by atoms with Crippen molar-refractivity contribution in [3.05, 3.63) is 35.4 Å². The van der Waals surface area contributed by atoms with Crippen LogP contribution in [-0.4, -0.2) is 24.3 Å². The normalized spacial score (nSPS) is 25.3. The summed E-state index contributed by atoms with van der Waals surface area (Å²) in [6, 6.07) is 6.02. The molecule has 1 fully saturated rings. The molecule has 0 spiro atoms. The maximum Gasteiger partial charge on any atom is 0.335 e. The van der Waals surface area contributed by atoms with Crippen molar-refractivity contribution in [2.24, 2.45) is 0 Å². The topological polar surface area (TPSA) is 46.5 Å². The highest BCUT2D eigenvalue weighted by atomic mass is 19.1. The van der Waals surface area contributed by atoms with Crippen molar-refractivity contribution in [2.45, 2.75) is 18.5 Å². The van der Waals surface area contributed by atoms with Crippen LogP contribution in [0.15, 0.2) is 24.3 Å². The van der Waals surface area contributed by atoms with Gasteiger partial charge in [-0.2, -0.15) is 0 Å². The van der Waals surface area contributed by atoms with Gasteiger partial charge in [-0.3, -0.25) is 0 Å². The summed E-state index contributed by atoms with van der Waals surface area (Å²) >= 11 is 0. The lowest BCUT2D eigenvalue weighted by atomic mass is 9.89. The average Bonchev–Trinajstić information content (AvgIpc) is 2.30. The third-order valence-electron chi connectivity index (χ3n) is 2.82. The van der Waals surface area contributed by atoms with Gasteiger partial charge in [-0.15, -0.1) is 0 Å². The number of alkyl halides is 1. The molecule has 1 heterocycles. The molecule has 0 bridgehead atoms. The molecule has 1 N–H and O–H groups in total. The molecule has 1 aromatic carbocycles. The van der Waals surface area contributed by atoms with E-state index in [1.165, 1.54) is 12.1 Å². The van der Waals surface area contributed by atoms with Crippen LogP contribution in [0, 0.1) is 0 Å². The zero-order chi connectivity index (χ0) is 11.6. The summed E-state index contributed by atoms with van der Waals surface area (Å²) in [5.74, 6) is -1.04. The minimum Gasteiger partial charge on any atom is -0.478 e. The Morgan fingerprint density at radius 2 is 2.31 bits per heavy atom. The highest BCUT2D eigenvalue weighted by Crippen LogP contribution is 2.34. The lowest BCUT2D eigenvalue weighted by Gasteiger charge is -2.29. The molecule has 2 rings (SSSR count). The van der Waals surface area contributed by atoms with Crippen molar-refractivity contribution < 1.29 is 19.0 Å². The van der Waals surface area contributed by atoms with Crippen LogP contribution in [0.25, 0.3) is 0 Å². The summed E-state index contributed by atoms with van der Waals surface area (Å²) in [6.45, 7) is 0.584. The van der Waals surface area contributed by atoms with E-state index in [0.717, 1.165) is 0 Å². The Hall–Kier alpha value is -1.42. The van der Waals surface area contributed by atoms with Gasteiger partial charge >= 0.3 is 5.97 Å². The van der Waals surface area contributed by atoms with Crippen LogP contribution < -0.4 is 0 Å². The SMILES string of the molecule is O=C(O)c1cccc(C2(F)CCCOC2)c1. The van der Waals surface area contributed by atoms with Gasteiger partial charge in [0.25, 0.3) is 0 Å². The van der Waals surface area contributed by atoms with Gasteiger partial charge in [-0.1, -0.05) is 12.1 Å². The summed E-state index contributed by atoms with van der Waals surface area (Å²) in [5, 5.41) is 8.84. The van der Waals surface area contributed by atoms with Gasteiger partial charge in [0.1, 0.15) is 0 Å². The molecule has 86 valence electrons. The smallest absolute Gasteiger partial charge is 0.335 e. The number of ether oxygens (including phenoxy) is 1. The van der Waals surface area contributed by atoms with E-state index in [4.69, 9.17) is 9.84 Å². The van der Waals surface area contributed by atoms with Crippen molar-refractivity contribution in [1.82, 2.24) is 0 Å². The van der Waals surface area contributed by atoms with Crippen molar-refractivity contribution in [2.75, 3.05) is 13.2 Å². The summed E-state index contributed by atoms with van der Waals surface area (Å²) in [5.41, 5.74) is -1.03. The second-order valence-corrected chi connectivity index (χ2v) is 4.01. The van der Waals surface area contributed by atoms with Gasteiger partial charge < -0.3 is 9.84 Å². The monoisotopic (exact) mass is 224 g/mol. The molecule has 3 nitrogen and oxygen atoms in total. The van der Waals surface area contributed by atoms with Gasteiger partial charge in [-0.05, 0) is 30.5 Å². The first kappa shape index (κ1) is 11.1. The molecule has 0 amide bonds. The molecule has 1 aromatic rings. The number of hydrogen-bond acceptors (Lipinski definition) is 2. The molecule has 1 aliphatic heterocycles. The highest BCUT2D eigenvalue weighted by molar-refractivity contribution is 5.87. The van der Waals surface area contributed by atoms with E-state index in [9.17, 15) is 9.18 Å². The Balaban J connectivity index is 2.31. The van der Waals surface area contributed by atoms with Crippen molar-refractivity contribution in [3.63, 3.8) is 0 Å². The Morgan fingerprint density at radius 3 is 2.94 bits per heavy atom. The van der Waals surface area contributed by atoms with Gasteiger partial charge in [-0.25, -0.2) is 9.18 Å². The number of benzene rings is 1. The van der Waals surface area contributed by atoms with E-state index in [1.54, 1.807) is 12.1 Å². The summed E-state index contributed by atoms with van der Waals surface area (Å²) in [6.07, 6.45) is 1.05. The Morgan fingerprint density at radius 1 is 1.50 bits per heavy atom. The first-order valence-electron chi connectivity index (χ1n) is 5.22. The van der Waals surface area contributed by atoms with E-state index in [-0.39, 0.29) is 12.2 Å². The molecule has 1 aliphatic rings. The molecule has 0 aliphatic carbocycles. The Kier molecular flexibility index (Phi) is 2.92. The van der Waals surface area contributed by atoms with Crippen LogP contribution >= 0.6 is 0 Å². The van der Waals surface area contributed by atoms with Crippen molar-refractivity contribution in [1.29, 1.82) is 0 Å². The largest absolute Gasteiger partial charge is 0.478 e. The average molecular weight is 224 g/mol. The highest BCUT2D eigenvalue weighted by Gasteiger charge is 2.34. The molecule has 1 saturated heterocycles. The number of halogens is 1. The minimum atomic E-state index is -1.54. The molecule has 16 heavy (non-hydrogen) atoms. The fourth-order valence-corrected chi connectivity index (χ4v) is 1.92. The number of rotatable bonds is 2. The predicted molar refractivity (Wildman–Crippen MR) is 56.2 cm³/mol. The maximum absolute atomic E-state index is 14.4. The zero-order valence-corrected chi connectivity index (χ0v) is 8.78. The van der Waals surface area contributed by atoms with E-state index in [1.807, 2.05) is 0 Å². The first-order valence-corrected chi connectivity index (χ1v) is 5.22. The Labute approximate surface area is 92.9 Å². The molecular formula is C12H13FO3. The third-order valence-corrected chi connectivity index (χ3v) is 2.82. The van der Waals surface area contributed by atoms with Crippen molar-refractivity contribution in [3.8, 4) is 0 Å².